The molecule has 2 heterocycles. The van der Waals surface area contributed by atoms with Crippen molar-refractivity contribution in [3.8, 4) is 0 Å². The van der Waals surface area contributed by atoms with Gasteiger partial charge in [0, 0.05) is 0 Å². The fourth-order valence-corrected chi connectivity index (χ4v) is 14.0. The van der Waals surface area contributed by atoms with Crippen molar-refractivity contribution in [3.05, 3.63) is 12.7 Å². The zero-order valence-corrected chi connectivity index (χ0v) is 18.4. The lowest BCUT2D eigenvalue weighted by molar-refractivity contribution is 1.11. The molecule has 5 nitrogen and oxygen atoms in total. The molecule has 0 atom stereocenters. The van der Waals surface area contributed by atoms with E-state index < -0.39 is 24.7 Å². The molecule has 0 fully saturated rings. The van der Waals surface area contributed by atoms with Crippen LogP contribution in [0, 0.1) is 0 Å². The fourth-order valence-electron chi connectivity index (χ4n) is 3.12. The van der Waals surface area contributed by atoms with E-state index in [1.54, 1.807) is 6.33 Å². The molecule has 122 valence electrons. The van der Waals surface area contributed by atoms with Crippen LogP contribution < -0.4 is 4.23 Å². The largest absolute Gasteiger partial charge is 0.408 e. The number of hydrogen-bond donors (Lipinski definition) is 0. The first kappa shape index (κ1) is 17.4. The molecule has 0 saturated heterocycles. The van der Waals surface area contributed by atoms with E-state index >= 15 is 0 Å². The molecule has 0 N–H and O–H groups in total. The van der Waals surface area contributed by atoms with Crippen molar-refractivity contribution in [2.24, 2.45) is 0 Å². The number of rotatable bonds is 4. The standard InChI is InChI=1S/C14H29N5Si3/c1-20(2,3)18-11-17-12-13(18)15-10-16-14(12)19(21(4,5)6)22(7,8)9/h10-11H,1-9H3. The normalized spacial score (nSPS) is 13.7. The van der Waals surface area contributed by atoms with Gasteiger partial charge in [-0.15, -0.1) is 0 Å². The molecule has 0 saturated carbocycles. The quantitative estimate of drug-likeness (QED) is 0.782. The maximum Gasteiger partial charge on any atom is 0.157 e. The second-order valence-electron chi connectivity index (χ2n) is 8.83. The molecular weight excluding hydrogens is 322 g/mol. The molecule has 0 unspecified atom stereocenters. The van der Waals surface area contributed by atoms with Crippen molar-refractivity contribution in [2.75, 3.05) is 4.23 Å². The zero-order chi connectivity index (χ0) is 16.9. The van der Waals surface area contributed by atoms with Gasteiger partial charge in [-0.2, -0.15) is 0 Å². The number of fused-ring (bicyclic) bond motifs is 1. The summed E-state index contributed by atoms with van der Waals surface area (Å²) in [5, 5.41) is 0. The Morgan fingerprint density at radius 3 is 1.82 bits per heavy atom. The summed E-state index contributed by atoms with van der Waals surface area (Å²) >= 11 is 0. The van der Waals surface area contributed by atoms with Crippen molar-refractivity contribution in [2.45, 2.75) is 58.9 Å². The first-order valence-electron chi connectivity index (χ1n) is 7.82. The number of imidazole rings is 1. The highest BCUT2D eigenvalue weighted by Crippen LogP contribution is 2.31. The van der Waals surface area contributed by atoms with Crippen molar-refractivity contribution >= 4 is 41.7 Å². The smallest absolute Gasteiger partial charge is 0.157 e. The predicted octanol–water partition coefficient (Wildman–Crippen LogP) is 3.99. The van der Waals surface area contributed by atoms with Crippen molar-refractivity contribution in [3.63, 3.8) is 0 Å². The second kappa shape index (κ2) is 5.27. The molecule has 0 aliphatic heterocycles. The molecule has 0 bridgehead atoms. The Kier molecular flexibility index (Phi) is 4.16. The van der Waals surface area contributed by atoms with E-state index in [-0.39, 0.29) is 0 Å². The van der Waals surface area contributed by atoms with Gasteiger partial charge in [0.2, 0.25) is 0 Å². The first-order chi connectivity index (χ1) is 9.83. The predicted molar refractivity (Wildman–Crippen MR) is 103 cm³/mol. The fraction of sp³-hybridized carbons (Fsp3) is 0.643. The molecular formula is C14H29N5Si3. The monoisotopic (exact) mass is 351 g/mol. The summed E-state index contributed by atoms with van der Waals surface area (Å²) in [6.07, 6.45) is 3.67. The van der Waals surface area contributed by atoms with E-state index in [0.717, 1.165) is 17.0 Å². The highest BCUT2D eigenvalue weighted by Gasteiger charge is 2.37. The van der Waals surface area contributed by atoms with Crippen LogP contribution in [0.1, 0.15) is 0 Å². The molecule has 22 heavy (non-hydrogen) atoms. The molecule has 0 spiro atoms. The SMILES string of the molecule is C[Si](C)(C)N(c1ncnc2c1ncn2[Si](C)(C)C)[Si](C)(C)C. The lowest BCUT2D eigenvalue weighted by atomic mass is 10.5. The Hall–Kier alpha value is -0.999. The van der Waals surface area contributed by atoms with E-state index in [0.29, 0.717) is 0 Å². The number of anilines is 1. The van der Waals surface area contributed by atoms with Crippen LogP contribution in [0.3, 0.4) is 0 Å². The Balaban J connectivity index is 2.73. The Bertz CT molecular complexity index is 662. The maximum absolute atomic E-state index is 4.71. The summed E-state index contributed by atoms with van der Waals surface area (Å²) in [6, 6.07) is 0. The highest BCUT2D eigenvalue weighted by molar-refractivity contribution is 6.99. The summed E-state index contributed by atoms with van der Waals surface area (Å²) in [4.78, 5) is 13.9. The molecule has 0 aromatic carbocycles. The molecule has 0 aliphatic rings. The zero-order valence-electron chi connectivity index (χ0n) is 15.4. The van der Waals surface area contributed by atoms with Gasteiger partial charge in [-0.05, 0) is 0 Å². The number of aromatic nitrogens is 4. The summed E-state index contributed by atoms with van der Waals surface area (Å²) in [7, 11) is -4.63. The van der Waals surface area contributed by atoms with Crippen LogP contribution in [-0.2, 0) is 0 Å². The molecule has 2 aromatic rings. The third-order valence-electron chi connectivity index (χ3n) is 3.59. The van der Waals surface area contributed by atoms with E-state index in [2.05, 4.69) is 77.4 Å². The molecule has 0 amide bonds. The third-order valence-corrected chi connectivity index (χ3v) is 12.5. The first-order valence-corrected chi connectivity index (χ1v) is 18.2. The van der Waals surface area contributed by atoms with Crippen LogP contribution >= 0.6 is 0 Å². The van der Waals surface area contributed by atoms with E-state index in [1.165, 1.54) is 0 Å². The van der Waals surface area contributed by atoms with Gasteiger partial charge in [0.25, 0.3) is 0 Å². The van der Waals surface area contributed by atoms with E-state index in [9.17, 15) is 0 Å². The maximum atomic E-state index is 4.71. The molecule has 8 heteroatoms. The minimum absolute atomic E-state index is 0.967. The molecule has 0 aliphatic carbocycles. The second-order valence-corrected chi connectivity index (χ2v) is 23.7. The average molecular weight is 352 g/mol. The van der Waals surface area contributed by atoms with Gasteiger partial charge < -0.3 is 8.46 Å². The van der Waals surface area contributed by atoms with Crippen molar-refractivity contribution < 1.29 is 0 Å². The van der Waals surface area contributed by atoms with Gasteiger partial charge in [-0.25, -0.2) is 15.0 Å². The molecule has 2 aromatic heterocycles. The van der Waals surface area contributed by atoms with Crippen LogP contribution in [0.2, 0.25) is 58.9 Å². The minimum Gasteiger partial charge on any atom is -0.408 e. The Morgan fingerprint density at radius 2 is 1.36 bits per heavy atom. The van der Waals surface area contributed by atoms with Crippen LogP contribution in [0.15, 0.2) is 12.7 Å². The lowest BCUT2D eigenvalue weighted by Crippen LogP contribution is -2.60. The topological polar surface area (TPSA) is 46.8 Å². The van der Waals surface area contributed by atoms with Gasteiger partial charge in [-0.1, -0.05) is 58.9 Å². The lowest BCUT2D eigenvalue weighted by Gasteiger charge is -2.44. The highest BCUT2D eigenvalue weighted by atomic mass is 28.4. The van der Waals surface area contributed by atoms with Crippen LogP contribution in [0.5, 0.6) is 0 Å². The summed E-state index contributed by atoms with van der Waals surface area (Å²) in [5.41, 5.74) is 1.96. The van der Waals surface area contributed by atoms with Gasteiger partial charge in [-0.3, -0.25) is 0 Å². The molecule has 2 rings (SSSR count). The number of nitrogens with zero attached hydrogens (tertiary/aromatic N) is 5. The van der Waals surface area contributed by atoms with Crippen LogP contribution in [-0.4, -0.2) is 43.9 Å². The van der Waals surface area contributed by atoms with Crippen molar-refractivity contribution in [1.29, 1.82) is 0 Å². The van der Waals surface area contributed by atoms with Gasteiger partial charge in [0.1, 0.15) is 34.1 Å². The van der Waals surface area contributed by atoms with E-state index in [4.69, 9.17) is 4.98 Å². The molecule has 0 radical (unpaired) electrons. The number of hydrogen-bond acceptors (Lipinski definition) is 4. The van der Waals surface area contributed by atoms with Gasteiger partial charge in [0.15, 0.2) is 13.9 Å². The summed E-state index contributed by atoms with van der Waals surface area (Å²) in [5.74, 6) is 1.04. The summed E-state index contributed by atoms with van der Waals surface area (Å²) < 4.78 is 4.89. The van der Waals surface area contributed by atoms with Crippen LogP contribution in [0.25, 0.3) is 11.2 Å². The Labute approximate surface area is 137 Å². The van der Waals surface area contributed by atoms with Crippen molar-refractivity contribution in [1.82, 2.24) is 19.2 Å². The third kappa shape index (κ3) is 3.18. The summed E-state index contributed by atoms with van der Waals surface area (Å²) in [6.45, 7) is 21.2. The van der Waals surface area contributed by atoms with Crippen LogP contribution in [0.4, 0.5) is 5.82 Å². The Morgan fingerprint density at radius 1 is 0.818 bits per heavy atom. The van der Waals surface area contributed by atoms with Gasteiger partial charge >= 0.3 is 0 Å². The average Bonchev–Trinajstić information content (AvgIpc) is 2.68. The van der Waals surface area contributed by atoms with Gasteiger partial charge in [0.05, 0.1) is 6.33 Å². The minimum atomic E-state index is -1.55. The van der Waals surface area contributed by atoms with E-state index in [1.807, 2.05) is 6.33 Å².